The van der Waals surface area contributed by atoms with Crippen molar-refractivity contribution in [3.05, 3.63) is 22.3 Å². The smallest absolute Gasteiger partial charge is 0.144 e. The van der Waals surface area contributed by atoms with E-state index in [4.69, 9.17) is 23.2 Å². The zero-order chi connectivity index (χ0) is 12.9. The molecule has 1 rings (SSSR count). The Morgan fingerprint density at radius 3 is 2.47 bits per heavy atom. The fourth-order valence-electron chi connectivity index (χ4n) is 1.60. The van der Waals surface area contributed by atoms with Crippen LogP contribution in [0.15, 0.2) is 12.3 Å². The van der Waals surface area contributed by atoms with Gasteiger partial charge in [0.05, 0.1) is 16.7 Å². The van der Waals surface area contributed by atoms with Gasteiger partial charge in [0.25, 0.3) is 0 Å². The van der Waals surface area contributed by atoms with Gasteiger partial charge in [0.2, 0.25) is 0 Å². The summed E-state index contributed by atoms with van der Waals surface area (Å²) in [6.45, 7) is 4.93. The maximum Gasteiger partial charge on any atom is 0.144 e. The maximum atomic E-state index is 9.45. The number of aliphatic hydroxyl groups is 1. The molecule has 0 radical (unpaired) electrons. The van der Waals surface area contributed by atoms with Crippen molar-refractivity contribution in [2.24, 2.45) is 5.41 Å². The Hall–Kier alpha value is -0.510. The van der Waals surface area contributed by atoms with Gasteiger partial charge in [-0.2, -0.15) is 0 Å². The van der Waals surface area contributed by atoms with E-state index in [0.717, 1.165) is 12.8 Å². The van der Waals surface area contributed by atoms with Gasteiger partial charge in [-0.05, 0) is 18.9 Å². The first kappa shape index (κ1) is 14.6. The molecule has 0 saturated carbocycles. The molecule has 0 bridgehead atoms. The zero-order valence-electron chi connectivity index (χ0n) is 10.1. The molecule has 2 N–H and O–H groups in total. The zero-order valence-corrected chi connectivity index (χ0v) is 11.6. The van der Waals surface area contributed by atoms with Crippen molar-refractivity contribution in [2.45, 2.75) is 26.7 Å². The van der Waals surface area contributed by atoms with Crippen LogP contribution in [-0.4, -0.2) is 23.2 Å². The van der Waals surface area contributed by atoms with E-state index >= 15 is 0 Å². The molecule has 0 aliphatic rings. The molecular weight excluding hydrogens is 259 g/mol. The lowest BCUT2D eigenvalue weighted by Gasteiger charge is -2.29. The van der Waals surface area contributed by atoms with Gasteiger partial charge >= 0.3 is 0 Å². The number of aliphatic hydroxyl groups excluding tert-OH is 1. The third-order valence-electron chi connectivity index (χ3n) is 3.27. The second-order valence-electron chi connectivity index (χ2n) is 4.20. The minimum absolute atomic E-state index is 0.120. The molecule has 1 aromatic heterocycles. The quantitative estimate of drug-likeness (QED) is 0.835. The summed E-state index contributed by atoms with van der Waals surface area (Å²) in [7, 11) is 0. The summed E-state index contributed by atoms with van der Waals surface area (Å²) in [5.41, 5.74) is -0.120. The molecule has 1 heterocycles. The van der Waals surface area contributed by atoms with Crippen molar-refractivity contribution in [2.75, 3.05) is 18.5 Å². The monoisotopic (exact) mass is 276 g/mol. The van der Waals surface area contributed by atoms with Crippen molar-refractivity contribution in [3.8, 4) is 0 Å². The number of nitrogens with one attached hydrogen (secondary N) is 1. The van der Waals surface area contributed by atoms with Gasteiger partial charge in [-0.1, -0.05) is 37.0 Å². The molecule has 3 nitrogen and oxygen atoms in total. The minimum atomic E-state index is -0.120. The second-order valence-corrected chi connectivity index (χ2v) is 5.05. The lowest BCUT2D eigenvalue weighted by Crippen LogP contribution is -2.32. The molecule has 17 heavy (non-hydrogen) atoms. The number of hydrogen-bond acceptors (Lipinski definition) is 3. The predicted octanol–water partition coefficient (Wildman–Crippen LogP) is 3.60. The molecule has 0 saturated heterocycles. The highest BCUT2D eigenvalue weighted by molar-refractivity contribution is 6.35. The van der Waals surface area contributed by atoms with Gasteiger partial charge in [0.1, 0.15) is 5.82 Å². The first-order valence-electron chi connectivity index (χ1n) is 5.72. The van der Waals surface area contributed by atoms with Crippen molar-refractivity contribution >= 4 is 29.0 Å². The number of hydrogen-bond donors (Lipinski definition) is 2. The van der Waals surface area contributed by atoms with Crippen LogP contribution in [0.2, 0.25) is 10.0 Å². The van der Waals surface area contributed by atoms with Crippen LogP contribution < -0.4 is 5.32 Å². The van der Waals surface area contributed by atoms with E-state index in [1.54, 1.807) is 12.3 Å². The van der Waals surface area contributed by atoms with E-state index < -0.39 is 0 Å². The standard InChI is InChI=1S/C12H18Cl2N2O/c1-3-12(4-2,8-17)7-16-11-10(14)5-9(13)6-15-11/h5-6,17H,3-4,7-8H2,1-2H3,(H,15,16). The fraction of sp³-hybridized carbons (Fsp3) is 0.583. The predicted molar refractivity (Wildman–Crippen MR) is 72.8 cm³/mol. The molecule has 5 heteroatoms. The molecule has 0 amide bonds. The number of rotatable bonds is 6. The van der Waals surface area contributed by atoms with Crippen LogP contribution >= 0.6 is 23.2 Å². The number of halogens is 2. The fourth-order valence-corrected chi connectivity index (χ4v) is 2.04. The Labute approximate surface area is 112 Å². The van der Waals surface area contributed by atoms with Gasteiger partial charge in [-0.15, -0.1) is 0 Å². The summed E-state index contributed by atoms with van der Waals surface area (Å²) in [4.78, 5) is 4.13. The summed E-state index contributed by atoms with van der Waals surface area (Å²) in [5, 5.41) is 13.6. The van der Waals surface area contributed by atoms with Crippen LogP contribution in [0.4, 0.5) is 5.82 Å². The topological polar surface area (TPSA) is 45.1 Å². The highest BCUT2D eigenvalue weighted by Crippen LogP contribution is 2.28. The van der Waals surface area contributed by atoms with Gasteiger partial charge in [0, 0.05) is 18.2 Å². The number of pyridine rings is 1. The number of nitrogens with zero attached hydrogens (tertiary/aromatic N) is 1. The summed E-state index contributed by atoms with van der Waals surface area (Å²) in [6, 6.07) is 1.65. The summed E-state index contributed by atoms with van der Waals surface area (Å²) >= 11 is 11.8. The average Bonchev–Trinajstić information content (AvgIpc) is 2.33. The average molecular weight is 277 g/mol. The minimum Gasteiger partial charge on any atom is -0.396 e. The van der Waals surface area contributed by atoms with E-state index in [-0.39, 0.29) is 12.0 Å². The van der Waals surface area contributed by atoms with Crippen molar-refractivity contribution < 1.29 is 5.11 Å². The Balaban J connectivity index is 2.72. The third kappa shape index (κ3) is 3.73. The van der Waals surface area contributed by atoms with Gasteiger partial charge in [0.15, 0.2) is 0 Å². The number of anilines is 1. The summed E-state index contributed by atoms with van der Waals surface area (Å²) < 4.78 is 0. The summed E-state index contributed by atoms with van der Waals surface area (Å²) in [5.74, 6) is 0.607. The molecule has 0 spiro atoms. The first-order valence-corrected chi connectivity index (χ1v) is 6.48. The van der Waals surface area contributed by atoms with Gasteiger partial charge in [-0.25, -0.2) is 4.98 Å². The van der Waals surface area contributed by atoms with E-state index in [2.05, 4.69) is 24.1 Å². The number of aromatic nitrogens is 1. The Bertz CT molecular complexity index is 359. The Morgan fingerprint density at radius 1 is 1.35 bits per heavy atom. The molecule has 0 unspecified atom stereocenters. The highest BCUT2D eigenvalue weighted by Gasteiger charge is 2.25. The van der Waals surface area contributed by atoms with Crippen molar-refractivity contribution in [1.82, 2.24) is 4.98 Å². The van der Waals surface area contributed by atoms with Crippen LogP contribution in [0.5, 0.6) is 0 Å². The SMILES string of the molecule is CCC(CC)(CO)CNc1ncc(Cl)cc1Cl. The lowest BCUT2D eigenvalue weighted by atomic mass is 9.83. The lowest BCUT2D eigenvalue weighted by molar-refractivity contribution is 0.127. The summed E-state index contributed by atoms with van der Waals surface area (Å²) in [6.07, 6.45) is 3.35. The molecular formula is C12H18Cl2N2O. The molecule has 0 aliphatic heterocycles. The molecule has 96 valence electrons. The van der Waals surface area contributed by atoms with Crippen LogP contribution in [0.25, 0.3) is 0 Å². The van der Waals surface area contributed by atoms with E-state index in [0.29, 0.717) is 22.4 Å². The maximum absolute atomic E-state index is 9.45. The first-order chi connectivity index (χ1) is 8.06. The third-order valence-corrected chi connectivity index (χ3v) is 3.77. The second kappa shape index (κ2) is 6.43. The van der Waals surface area contributed by atoms with Crippen molar-refractivity contribution in [1.29, 1.82) is 0 Å². The Morgan fingerprint density at radius 2 is 2.00 bits per heavy atom. The van der Waals surface area contributed by atoms with Crippen LogP contribution in [0.1, 0.15) is 26.7 Å². The van der Waals surface area contributed by atoms with Crippen LogP contribution in [0, 0.1) is 5.41 Å². The van der Waals surface area contributed by atoms with Gasteiger partial charge < -0.3 is 10.4 Å². The van der Waals surface area contributed by atoms with Gasteiger partial charge in [-0.3, -0.25) is 0 Å². The normalized spacial score (nSPS) is 11.6. The molecule has 0 fully saturated rings. The van der Waals surface area contributed by atoms with Crippen molar-refractivity contribution in [3.63, 3.8) is 0 Å². The molecule has 0 atom stereocenters. The van der Waals surface area contributed by atoms with Crippen LogP contribution in [0.3, 0.4) is 0 Å². The Kier molecular flexibility index (Phi) is 5.50. The van der Waals surface area contributed by atoms with Crippen LogP contribution in [-0.2, 0) is 0 Å². The molecule has 1 aromatic rings. The largest absolute Gasteiger partial charge is 0.396 e. The highest BCUT2D eigenvalue weighted by atomic mass is 35.5. The van der Waals surface area contributed by atoms with E-state index in [9.17, 15) is 5.11 Å². The molecule has 0 aliphatic carbocycles. The molecule has 0 aromatic carbocycles. The van der Waals surface area contributed by atoms with E-state index in [1.807, 2.05) is 0 Å². The van der Waals surface area contributed by atoms with E-state index in [1.165, 1.54) is 0 Å².